The molecule has 0 aliphatic carbocycles. The summed E-state index contributed by atoms with van der Waals surface area (Å²) in [5, 5.41) is 17.1. The summed E-state index contributed by atoms with van der Waals surface area (Å²) < 4.78 is 2.66. The Labute approximate surface area is 156 Å². The summed E-state index contributed by atoms with van der Waals surface area (Å²) in [6, 6.07) is 12.2. The van der Waals surface area contributed by atoms with E-state index in [-0.39, 0.29) is 11.3 Å². The van der Waals surface area contributed by atoms with Gasteiger partial charge < -0.3 is 10.8 Å². The molecule has 3 aromatic heterocycles. The minimum Gasteiger partial charge on any atom is -0.478 e. The van der Waals surface area contributed by atoms with Crippen molar-refractivity contribution in [3.63, 3.8) is 0 Å². The minimum absolute atomic E-state index is 0.0114. The van der Waals surface area contributed by atoms with E-state index >= 15 is 0 Å². The van der Waals surface area contributed by atoms with Gasteiger partial charge in [-0.3, -0.25) is 0 Å². The van der Waals surface area contributed by atoms with Crippen LogP contribution in [0.2, 0.25) is 0 Å². The Balaban J connectivity index is 1.79. The number of thiazole rings is 1. The van der Waals surface area contributed by atoms with Crippen molar-refractivity contribution in [2.75, 3.05) is 5.73 Å². The number of carboxylic acid groups (broad SMARTS) is 1. The normalized spacial score (nSPS) is 11.6. The van der Waals surface area contributed by atoms with Crippen LogP contribution >= 0.6 is 11.3 Å². The first kappa shape index (κ1) is 15.7. The quantitative estimate of drug-likeness (QED) is 0.486. The fourth-order valence-corrected chi connectivity index (χ4v) is 4.28. The van der Waals surface area contributed by atoms with Crippen molar-refractivity contribution in [2.45, 2.75) is 6.92 Å². The molecule has 0 atom stereocenters. The van der Waals surface area contributed by atoms with E-state index in [9.17, 15) is 9.90 Å². The first-order chi connectivity index (χ1) is 13.0. The molecule has 0 spiro atoms. The number of nitrogens with two attached hydrogens (primary N) is 1. The zero-order valence-electron chi connectivity index (χ0n) is 14.2. The van der Waals surface area contributed by atoms with Crippen LogP contribution in [0.15, 0.2) is 42.6 Å². The molecule has 5 aromatic rings. The molecule has 0 bridgehead atoms. The molecule has 0 fully saturated rings. The Morgan fingerprint density at radius 1 is 1.15 bits per heavy atom. The zero-order chi connectivity index (χ0) is 18.7. The maximum atomic E-state index is 11.4. The highest BCUT2D eigenvalue weighted by atomic mass is 32.1. The fraction of sp³-hybridized carbons (Fsp3) is 0.0526. The molecule has 0 aliphatic rings. The number of pyridine rings is 1. The van der Waals surface area contributed by atoms with Gasteiger partial charge in [-0.1, -0.05) is 41.7 Å². The van der Waals surface area contributed by atoms with Gasteiger partial charge in [0.2, 0.25) is 5.13 Å². The number of hydrogen-bond donors (Lipinski definition) is 2. The van der Waals surface area contributed by atoms with Crippen LogP contribution < -0.4 is 5.73 Å². The lowest BCUT2D eigenvalue weighted by molar-refractivity contribution is 0.0697. The Bertz CT molecular complexity index is 1390. The number of rotatable bonds is 2. The van der Waals surface area contributed by atoms with E-state index in [0.717, 1.165) is 21.0 Å². The van der Waals surface area contributed by atoms with Crippen molar-refractivity contribution in [3.05, 3.63) is 53.9 Å². The molecule has 2 aromatic carbocycles. The van der Waals surface area contributed by atoms with Gasteiger partial charge in [-0.2, -0.15) is 9.78 Å². The van der Waals surface area contributed by atoms with Crippen molar-refractivity contribution < 1.29 is 9.90 Å². The molecule has 5 rings (SSSR count). The topological polar surface area (TPSA) is 107 Å². The van der Waals surface area contributed by atoms with Crippen molar-refractivity contribution >= 4 is 55.0 Å². The van der Waals surface area contributed by atoms with Crippen LogP contribution in [0, 0.1) is 6.92 Å². The van der Waals surface area contributed by atoms with Crippen LogP contribution in [0.25, 0.3) is 37.2 Å². The zero-order valence-corrected chi connectivity index (χ0v) is 15.0. The third kappa shape index (κ3) is 2.20. The highest BCUT2D eigenvalue weighted by Crippen LogP contribution is 2.33. The van der Waals surface area contributed by atoms with Gasteiger partial charge in [-0.15, -0.1) is 0 Å². The van der Waals surface area contributed by atoms with E-state index in [4.69, 9.17) is 10.7 Å². The molecule has 0 aliphatic heterocycles. The van der Waals surface area contributed by atoms with E-state index in [1.165, 1.54) is 17.5 Å². The van der Waals surface area contributed by atoms with E-state index in [1.54, 1.807) is 11.6 Å². The van der Waals surface area contributed by atoms with Gasteiger partial charge in [0.1, 0.15) is 5.56 Å². The van der Waals surface area contributed by atoms with Crippen LogP contribution in [0.5, 0.6) is 0 Å². The summed E-state index contributed by atoms with van der Waals surface area (Å²) in [7, 11) is 0. The number of aryl methyl sites for hydroxylation is 1. The number of aromatic nitrogens is 4. The average molecular weight is 375 g/mol. The number of nitrogens with zero attached hydrogens (tertiary/aromatic N) is 4. The molecular formula is C19H13N5O2S. The highest BCUT2D eigenvalue weighted by molar-refractivity contribution is 7.21. The maximum absolute atomic E-state index is 11.4. The van der Waals surface area contributed by atoms with Gasteiger partial charge in [0.25, 0.3) is 0 Å². The average Bonchev–Trinajstić information content (AvgIpc) is 3.25. The van der Waals surface area contributed by atoms with Gasteiger partial charge in [-0.25, -0.2) is 14.8 Å². The lowest BCUT2D eigenvalue weighted by Crippen LogP contribution is -2.08. The predicted octanol–water partition coefficient (Wildman–Crippen LogP) is 3.77. The van der Waals surface area contributed by atoms with E-state index < -0.39 is 5.97 Å². The third-order valence-electron chi connectivity index (χ3n) is 4.61. The molecular weight excluding hydrogens is 362 g/mol. The minimum atomic E-state index is -1.10. The molecule has 0 saturated carbocycles. The lowest BCUT2D eigenvalue weighted by atomic mass is 10.1. The van der Waals surface area contributed by atoms with E-state index in [2.05, 4.69) is 22.2 Å². The van der Waals surface area contributed by atoms with Gasteiger partial charge >= 0.3 is 5.97 Å². The third-order valence-corrected chi connectivity index (χ3v) is 5.60. The number of fused-ring (bicyclic) bond motifs is 4. The number of nitrogen functional groups attached to an aromatic ring is 1. The monoisotopic (exact) mass is 375 g/mol. The number of carbonyl (C=O) groups is 1. The molecule has 0 unspecified atom stereocenters. The maximum Gasteiger partial charge on any atom is 0.339 e. The van der Waals surface area contributed by atoms with Crippen LogP contribution in [0.1, 0.15) is 16.1 Å². The summed E-state index contributed by atoms with van der Waals surface area (Å²) in [5.74, 6) is -1.10. The Kier molecular flexibility index (Phi) is 3.19. The summed E-state index contributed by atoms with van der Waals surface area (Å²) in [5.41, 5.74) is 8.00. The van der Waals surface area contributed by atoms with Crippen LogP contribution in [-0.2, 0) is 0 Å². The van der Waals surface area contributed by atoms with Crippen LogP contribution in [-0.4, -0.2) is 30.8 Å². The first-order valence-corrected chi connectivity index (χ1v) is 9.02. The van der Waals surface area contributed by atoms with Crippen molar-refractivity contribution in [1.82, 2.24) is 19.7 Å². The van der Waals surface area contributed by atoms with Gasteiger partial charge in [0.15, 0.2) is 5.65 Å². The molecule has 3 N–H and O–H groups in total. The molecule has 27 heavy (non-hydrogen) atoms. The van der Waals surface area contributed by atoms with E-state index in [0.29, 0.717) is 21.9 Å². The molecule has 8 heteroatoms. The smallest absolute Gasteiger partial charge is 0.339 e. The molecule has 132 valence electrons. The Morgan fingerprint density at radius 3 is 2.78 bits per heavy atom. The van der Waals surface area contributed by atoms with E-state index in [1.807, 2.05) is 24.3 Å². The largest absolute Gasteiger partial charge is 0.478 e. The van der Waals surface area contributed by atoms with Crippen molar-refractivity contribution in [3.8, 4) is 5.13 Å². The number of hydrogen-bond acceptors (Lipinski definition) is 6. The molecule has 0 radical (unpaired) electrons. The summed E-state index contributed by atoms with van der Waals surface area (Å²) in [6.07, 6.45) is 1.54. The second kappa shape index (κ2) is 5.49. The van der Waals surface area contributed by atoms with Gasteiger partial charge in [0.05, 0.1) is 33.2 Å². The fourth-order valence-electron chi connectivity index (χ4n) is 3.33. The summed E-state index contributed by atoms with van der Waals surface area (Å²) in [4.78, 5) is 20.7. The molecule has 3 heterocycles. The van der Waals surface area contributed by atoms with Crippen molar-refractivity contribution in [2.24, 2.45) is 0 Å². The standard InChI is InChI=1S/C19H13N5O2S/c1-9-14(18(25)26)15(20)12-8-21-24(17(12)22-9)19-23-16-11-5-3-2-4-10(11)6-7-13(16)27-19/h2-8H,1H3,(H2,20,22)(H,25,26). The van der Waals surface area contributed by atoms with Gasteiger partial charge in [-0.05, 0) is 18.4 Å². The highest BCUT2D eigenvalue weighted by Gasteiger charge is 2.20. The van der Waals surface area contributed by atoms with Gasteiger partial charge in [0, 0.05) is 5.39 Å². The Morgan fingerprint density at radius 2 is 1.96 bits per heavy atom. The molecule has 0 saturated heterocycles. The van der Waals surface area contributed by atoms with Crippen molar-refractivity contribution in [1.29, 1.82) is 0 Å². The first-order valence-electron chi connectivity index (χ1n) is 8.20. The molecule has 0 amide bonds. The second-order valence-electron chi connectivity index (χ2n) is 6.21. The second-order valence-corrected chi connectivity index (χ2v) is 7.22. The SMILES string of the molecule is Cc1nc2c(cnn2-c2nc3c(ccc4ccccc43)s2)c(N)c1C(=O)O. The summed E-state index contributed by atoms with van der Waals surface area (Å²) >= 11 is 1.50. The molecule has 7 nitrogen and oxygen atoms in total. The van der Waals surface area contributed by atoms with Crippen LogP contribution in [0.3, 0.4) is 0 Å². The number of aromatic carboxylic acids is 1. The van der Waals surface area contributed by atoms with Crippen LogP contribution in [0.4, 0.5) is 5.69 Å². The Hall–Kier alpha value is -3.52. The number of carboxylic acids is 1. The lowest BCUT2D eigenvalue weighted by Gasteiger charge is -2.06. The summed E-state index contributed by atoms with van der Waals surface area (Å²) in [6.45, 7) is 1.63. The predicted molar refractivity (Wildman–Crippen MR) is 106 cm³/mol. The number of anilines is 1. The number of benzene rings is 2.